The van der Waals surface area contributed by atoms with Gasteiger partial charge in [-0.3, -0.25) is 14.7 Å². The number of aliphatic imine (C=N–C) groups is 1. The summed E-state index contributed by atoms with van der Waals surface area (Å²) >= 11 is 0. The maximum absolute atomic E-state index is 11.6. The van der Waals surface area contributed by atoms with E-state index in [4.69, 9.17) is 4.74 Å². The number of hydrogen-bond donors (Lipinski definition) is 2. The number of amides is 3. The molecule has 0 spiro atoms. The van der Waals surface area contributed by atoms with Crippen molar-refractivity contribution in [2.45, 2.75) is 0 Å². The van der Waals surface area contributed by atoms with E-state index >= 15 is 0 Å². The van der Waals surface area contributed by atoms with Gasteiger partial charge in [-0.1, -0.05) is 6.07 Å². The molecular weight excluding hydrogens is 348 g/mol. The number of piperazine rings is 1. The Kier molecular flexibility index (Phi) is 6.00. The molecule has 3 rings (SSSR count). The van der Waals surface area contributed by atoms with Crippen molar-refractivity contribution in [3.63, 3.8) is 0 Å². The Morgan fingerprint density at radius 2 is 2.04 bits per heavy atom. The number of nitrogens with zero attached hydrogens (tertiary/aromatic N) is 4. The first kappa shape index (κ1) is 18.8. The van der Waals surface area contributed by atoms with Gasteiger partial charge in [-0.15, -0.1) is 0 Å². The van der Waals surface area contributed by atoms with Gasteiger partial charge in [0.1, 0.15) is 5.75 Å². The lowest BCUT2D eigenvalue weighted by Crippen LogP contribution is -2.53. The SMILES string of the molecule is CN=C(NCCN1C(=O)CNC1=O)N1CCN(c2cccc(OC)c2)CC1. The van der Waals surface area contributed by atoms with Crippen LogP contribution < -0.4 is 20.3 Å². The fourth-order valence-electron chi connectivity index (χ4n) is 3.28. The molecule has 1 aromatic carbocycles. The minimum Gasteiger partial charge on any atom is -0.497 e. The molecule has 0 atom stereocenters. The summed E-state index contributed by atoms with van der Waals surface area (Å²) < 4.78 is 5.30. The number of carbonyl (C=O) groups is 2. The molecule has 3 amide bonds. The molecule has 0 radical (unpaired) electrons. The van der Waals surface area contributed by atoms with E-state index in [0.29, 0.717) is 13.1 Å². The van der Waals surface area contributed by atoms with Crippen LogP contribution in [0.25, 0.3) is 0 Å². The van der Waals surface area contributed by atoms with Gasteiger partial charge >= 0.3 is 6.03 Å². The van der Waals surface area contributed by atoms with Gasteiger partial charge in [0, 0.05) is 58.1 Å². The molecule has 2 heterocycles. The van der Waals surface area contributed by atoms with Crippen LogP contribution in [0.3, 0.4) is 0 Å². The molecule has 0 aliphatic carbocycles. The van der Waals surface area contributed by atoms with E-state index in [9.17, 15) is 9.59 Å². The lowest BCUT2D eigenvalue weighted by Gasteiger charge is -2.37. The van der Waals surface area contributed by atoms with Gasteiger partial charge in [0.25, 0.3) is 0 Å². The van der Waals surface area contributed by atoms with E-state index in [2.05, 4.69) is 31.5 Å². The van der Waals surface area contributed by atoms with Crippen LogP contribution in [0.1, 0.15) is 0 Å². The fourth-order valence-corrected chi connectivity index (χ4v) is 3.28. The average molecular weight is 374 g/mol. The quantitative estimate of drug-likeness (QED) is 0.427. The molecule has 0 bridgehead atoms. The highest BCUT2D eigenvalue weighted by Gasteiger charge is 2.28. The number of carbonyl (C=O) groups excluding carboxylic acids is 2. The smallest absolute Gasteiger partial charge is 0.324 e. The number of anilines is 1. The van der Waals surface area contributed by atoms with E-state index in [-0.39, 0.29) is 18.5 Å². The first-order valence-electron chi connectivity index (χ1n) is 9.05. The second-order valence-electron chi connectivity index (χ2n) is 6.35. The predicted octanol–water partition coefficient (Wildman–Crippen LogP) is -0.0556. The van der Waals surface area contributed by atoms with E-state index in [1.807, 2.05) is 18.2 Å². The number of nitrogens with one attached hydrogen (secondary N) is 2. The van der Waals surface area contributed by atoms with Crippen molar-refractivity contribution in [1.29, 1.82) is 0 Å². The Labute approximate surface area is 159 Å². The van der Waals surface area contributed by atoms with Gasteiger partial charge in [-0.2, -0.15) is 0 Å². The summed E-state index contributed by atoms with van der Waals surface area (Å²) in [7, 11) is 3.41. The third kappa shape index (κ3) is 4.42. The fraction of sp³-hybridized carbons (Fsp3) is 0.500. The molecular formula is C18H26N6O3. The Morgan fingerprint density at radius 3 is 2.67 bits per heavy atom. The Hall–Kier alpha value is -2.97. The first-order chi connectivity index (χ1) is 13.1. The largest absolute Gasteiger partial charge is 0.497 e. The maximum atomic E-state index is 11.6. The van der Waals surface area contributed by atoms with E-state index in [1.54, 1.807) is 14.2 Å². The van der Waals surface area contributed by atoms with Crippen molar-refractivity contribution in [3.8, 4) is 5.75 Å². The number of urea groups is 1. The van der Waals surface area contributed by atoms with Crippen molar-refractivity contribution in [2.75, 3.05) is 64.9 Å². The van der Waals surface area contributed by atoms with Gasteiger partial charge in [0.2, 0.25) is 5.91 Å². The van der Waals surface area contributed by atoms with Crippen LogP contribution in [-0.2, 0) is 4.79 Å². The molecule has 0 saturated carbocycles. The molecule has 0 unspecified atom stereocenters. The Balaban J connectivity index is 1.48. The number of hydrogen-bond acceptors (Lipinski definition) is 5. The van der Waals surface area contributed by atoms with Crippen LogP contribution in [0.5, 0.6) is 5.75 Å². The molecule has 0 aromatic heterocycles. The zero-order valence-electron chi connectivity index (χ0n) is 15.8. The van der Waals surface area contributed by atoms with Crippen molar-refractivity contribution in [3.05, 3.63) is 24.3 Å². The maximum Gasteiger partial charge on any atom is 0.324 e. The predicted molar refractivity (Wildman–Crippen MR) is 103 cm³/mol. The highest BCUT2D eigenvalue weighted by molar-refractivity contribution is 6.01. The minimum absolute atomic E-state index is 0.0831. The summed E-state index contributed by atoms with van der Waals surface area (Å²) in [5, 5.41) is 5.76. The molecule has 2 N–H and O–H groups in total. The van der Waals surface area contributed by atoms with Gasteiger partial charge < -0.3 is 25.2 Å². The van der Waals surface area contributed by atoms with Crippen LogP contribution in [0.15, 0.2) is 29.3 Å². The molecule has 9 nitrogen and oxygen atoms in total. The zero-order valence-corrected chi connectivity index (χ0v) is 15.8. The van der Waals surface area contributed by atoms with Crippen molar-refractivity contribution in [2.24, 2.45) is 4.99 Å². The van der Waals surface area contributed by atoms with Crippen molar-refractivity contribution in [1.82, 2.24) is 20.4 Å². The summed E-state index contributed by atoms with van der Waals surface area (Å²) in [6, 6.07) is 7.74. The van der Waals surface area contributed by atoms with Gasteiger partial charge in [0.15, 0.2) is 5.96 Å². The first-order valence-corrected chi connectivity index (χ1v) is 9.05. The molecule has 2 aliphatic heterocycles. The second kappa shape index (κ2) is 8.61. The highest BCUT2D eigenvalue weighted by Crippen LogP contribution is 2.22. The van der Waals surface area contributed by atoms with Gasteiger partial charge in [-0.25, -0.2) is 4.79 Å². The summed E-state index contributed by atoms with van der Waals surface area (Å²) in [6.07, 6.45) is 0. The lowest BCUT2D eigenvalue weighted by atomic mass is 10.2. The number of ether oxygens (including phenoxy) is 1. The molecule has 2 fully saturated rings. The van der Waals surface area contributed by atoms with Crippen LogP contribution in [0.2, 0.25) is 0 Å². The highest BCUT2D eigenvalue weighted by atomic mass is 16.5. The second-order valence-corrected chi connectivity index (χ2v) is 6.35. The van der Waals surface area contributed by atoms with E-state index < -0.39 is 0 Å². The van der Waals surface area contributed by atoms with Crippen LogP contribution in [0.4, 0.5) is 10.5 Å². The Bertz CT molecular complexity index is 699. The molecule has 9 heteroatoms. The number of methoxy groups -OCH3 is 1. The summed E-state index contributed by atoms with van der Waals surface area (Å²) in [4.78, 5) is 33.2. The third-order valence-corrected chi connectivity index (χ3v) is 4.77. The number of imide groups is 1. The van der Waals surface area contributed by atoms with Crippen LogP contribution >= 0.6 is 0 Å². The van der Waals surface area contributed by atoms with Crippen molar-refractivity contribution >= 4 is 23.6 Å². The number of benzene rings is 1. The third-order valence-electron chi connectivity index (χ3n) is 4.77. The normalized spacial score (nSPS) is 18.0. The minimum atomic E-state index is -0.330. The lowest BCUT2D eigenvalue weighted by molar-refractivity contribution is -0.124. The van der Waals surface area contributed by atoms with E-state index in [1.165, 1.54) is 4.90 Å². The monoisotopic (exact) mass is 374 g/mol. The molecule has 146 valence electrons. The number of rotatable bonds is 5. The summed E-state index contributed by atoms with van der Waals surface area (Å²) in [5.41, 5.74) is 1.15. The van der Waals surface area contributed by atoms with Crippen molar-refractivity contribution < 1.29 is 14.3 Å². The van der Waals surface area contributed by atoms with E-state index in [0.717, 1.165) is 43.6 Å². The average Bonchev–Trinajstić information content (AvgIpc) is 3.03. The summed E-state index contributed by atoms with van der Waals surface area (Å²) in [5.74, 6) is 1.45. The van der Waals surface area contributed by atoms with Gasteiger partial charge in [-0.05, 0) is 12.1 Å². The van der Waals surface area contributed by atoms with Gasteiger partial charge in [0.05, 0.1) is 13.7 Å². The Morgan fingerprint density at radius 1 is 1.26 bits per heavy atom. The molecule has 2 saturated heterocycles. The standard InChI is InChI=1S/C18H26N6O3/c1-19-17(20-6-7-24-16(25)13-21-18(24)26)23-10-8-22(9-11-23)14-4-3-5-15(12-14)27-2/h3-5,12H,6-11,13H2,1-2H3,(H,19,20)(H,21,26). The van der Waals surface area contributed by atoms with Crippen LogP contribution in [-0.4, -0.2) is 87.7 Å². The summed E-state index contributed by atoms with van der Waals surface area (Å²) in [6.45, 7) is 4.30. The zero-order chi connectivity index (χ0) is 19.2. The number of guanidine groups is 1. The van der Waals surface area contributed by atoms with Crippen LogP contribution in [0, 0.1) is 0 Å². The topological polar surface area (TPSA) is 89.5 Å². The molecule has 2 aliphatic rings. The molecule has 1 aromatic rings. The molecule has 27 heavy (non-hydrogen) atoms.